The molecule has 1 aromatic carbocycles. The Balaban J connectivity index is 1.69. The zero-order valence-electron chi connectivity index (χ0n) is 13.5. The quantitative estimate of drug-likeness (QED) is 0.809. The van der Waals surface area contributed by atoms with Crippen molar-refractivity contribution in [3.05, 3.63) is 34.9 Å². The molecule has 3 rings (SSSR count). The fourth-order valence-electron chi connectivity index (χ4n) is 3.20. The Morgan fingerprint density at radius 1 is 1.04 bits per heavy atom. The van der Waals surface area contributed by atoms with Crippen molar-refractivity contribution < 1.29 is 13.2 Å². The van der Waals surface area contributed by atoms with Gasteiger partial charge in [-0.25, -0.2) is 0 Å². The van der Waals surface area contributed by atoms with E-state index in [1.54, 1.807) is 17.0 Å². The van der Waals surface area contributed by atoms with Gasteiger partial charge in [-0.1, -0.05) is 23.7 Å². The molecule has 0 radical (unpaired) electrons. The molecule has 24 heavy (non-hydrogen) atoms. The average molecular weight is 372 g/mol. The first-order chi connectivity index (χ1) is 11.5. The van der Waals surface area contributed by atoms with Crippen molar-refractivity contribution in [2.24, 2.45) is 0 Å². The Morgan fingerprint density at radius 2 is 1.75 bits per heavy atom. The number of hydrogen-bond donors (Lipinski definition) is 0. The van der Waals surface area contributed by atoms with Gasteiger partial charge >= 0.3 is 0 Å². The van der Waals surface area contributed by atoms with Gasteiger partial charge in [-0.05, 0) is 37.0 Å². The molecule has 8 heteroatoms. The van der Waals surface area contributed by atoms with Crippen LogP contribution in [0.15, 0.2) is 24.3 Å². The summed E-state index contributed by atoms with van der Waals surface area (Å²) >= 11 is 5.98. The molecule has 2 heterocycles. The van der Waals surface area contributed by atoms with E-state index < -0.39 is 10.2 Å². The molecule has 6 nitrogen and oxygen atoms in total. The molecule has 0 N–H and O–H groups in total. The third kappa shape index (κ3) is 3.91. The summed E-state index contributed by atoms with van der Waals surface area (Å²) in [5.41, 5.74) is 0.846. The van der Waals surface area contributed by atoms with E-state index in [-0.39, 0.29) is 19.0 Å². The molecule has 0 aromatic heterocycles. The number of hydrogen-bond acceptors (Lipinski definition) is 3. The number of benzene rings is 1. The van der Waals surface area contributed by atoms with Crippen molar-refractivity contribution in [1.29, 1.82) is 0 Å². The molecule has 2 aliphatic heterocycles. The lowest BCUT2D eigenvalue weighted by Crippen LogP contribution is -2.52. The van der Waals surface area contributed by atoms with Gasteiger partial charge in [-0.3, -0.25) is 4.79 Å². The van der Waals surface area contributed by atoms with E-state index in [2.05, 4.69) is 0 Å². The van der Waals surface area contributed by atoms with Crippen molar-refractivity contribution in [3.63, 3.8) is 0 Å². The van der Waals surface area contributed by atoms with Crippen LogP contribution in [-0.2, 0) is 21.5 Å². The number of amides is 1. The Kier molecular flexibility index (Phi) is 5.44. The molecule has 0 aliphatic carbocycles. The Morgan fingerprint density at radius 3 is 2.46 bits per heavy atom. The second kappa shape index (κ2) is 7.39. The van der Waals surface area contributed by atoms with Crippen LogP contribution >= 0.6 is 11.6 Å². The van der Waals surface area contributed by atoms with Crippen LogP contribution in [0, 0.1) is 0 Å². The summed E-state index contributed by atoms with van der Waals surface area (Å²) in [4.78, 5) is 14.1. The van der Waals surface area contributed by atoms with Crippen molar-refractivity contribution in [2.45, 2.75) is 25.8 Å². The number of likely N-dealkylation sites (tertiary alicyclic amines) is 1. The number of halogens is 1. The fourth-order valence-corrected chi connectivity index (χ4v) is 5.04. The maximum Gasteiger partial charge on any atom is 0.282 e. The van der Waals surface area contributed by atoms with Gasteiger partial charge in [-0.15, -0.1) is 0 Å². The highest BCUT2D eigenvalue weighted by atomic mass is 35.5. The zero-order valence-corrected chi connectivity index (χ0v) is 15.1. The monoisotopic (exact) mass is 371 g/mol. The first-order valence-electron chi connectivity index (χ1n) is 8.24. The van der Waals surface area contributed by atoms with E-state index in [0.717, 1.165) is 31.5 Å². The zero-order chi connectivity index (χ0) is 17.2. The van der Waals surface area contributed by atoms with Gasteiger partial charge in [-0.2, -0.15) is 17.0 Å². The molecule has 1 amide bonds. The molecule has 132 valence electrons. The van der Waals surface area contributed by atoms with Crippen LogP contribution in [0.5, 0.6) is 0 Å². The van der Waals surface area contributed by atoms with Crippen molar-refractivity contribution in [1.82, 2.24) is 13.5 Å². The first-order valence-corrected chi connectivity index (χ1v) is 10.0. The van der Waals surface area contributed by atoms with E-state index >= 15 is 0 Å². The highest BCUT2D eigenvalue weighted by Gasteiger charge is 2.35. The van der Waals surface area contributed by atoms with E-state index in [9.17, 15) is 13.2 Å². The largest absolute Gasteiger partial charge is 0.342 e. The number of carbonyl (C=O) groups is 1. The van der Waals surface area contributed by atoms with Crippen LogP contribution in [0.1, 0.15) is 24.8 Å². The van der Waals surface area contributed by atoms with Gasteiger partial charge in [0.05, 0.1) is 6.54 Å². The Hall–Kier alpha value is -1.15. The predicted molar refractivity (Wildman–Crippen MR) is 92.8 cm³/mol. The van der Waals surface area contributed by atoms with Crippen LogP contribution < -0.4 is 0 Å². The second-order valence-corrected chi connectivity index (χ2v) is 8.61. The summed E-state index contributed by atoms with van der Waals surface area (Å²) in [7, 11) is -3.62. The lowest BCUT2D eigenvalue weighted by atomic mass is 10.2. The number of rotatable bonds is 4. The summed E-state index contributed by atoms with van der Waals surface area (Å²) in [5.74, 6) is -0.0966. The maximum absolute atomic E-state index is 12.8. The molecular formula is C16H22ClN3O3S. The maximum atomic E-state index is 12.8. The highest BCUT2D eigenvalue weighted by Crippen LogP contribution is 2.21. The van der Waals surface area contributed by atoms with Gasteiger partial charge in [0.25, 0.3) is 10.2 Å². The molecule has 0 unspecified atom stereocenters. The lowest BCUT2D eigenvalue weighted by molar-refractivity contribution is -0.130. The van der Waals surface area contributed by atoms with Crippen LogP contribution in [-0.4, -0.2) is 60.6 Å². The van der Waals surface area contributed by atoms with Crippen molar-refractivity contribution >= 4 is 27.7 Å². The van der Waals surface area contributed by atoms with Crippen LogP contribution in [0.25, 0.3) is 0 Å². The van der Waals surface area contributed by atoms with Gasteiger partial charge < -0.3 is 4.90 Å². The molecule has 2 saturated heterocycles. The molecule has 0 bridgehead atoms. The second-order valence-electron chi connectivity index (χ2n) is 6.25. The summed E-state index contributed by atoms with van der Waals surface area (Å²) in [6, 6.07) is 7.20. The molecule has 1 aromatic rings. The smallest absolute Gasteiger partial charge is 0.282 e. The minimum absolute atomic E-state index is 0.0611. The number of carbonyl (C=O) groups excluding carboxylic acids is 1. The van der Waals surface area contributed by atoms with Crippen molar-refractivity contribution in [2.75, 3.05) is 32.7 Å². The Labute approximate surface area is 148 Å². The van der Waals surface area contributed by atoms with E-state index in [1.807, 2.05) is 12.1 Å². The van der Waals surface area contributed by atoms with Gasteiger partial charge in [0.15, 0.2) is 0 Å². The topological polar surface area (TPSA) is 60.9 Å². The molecule has 2 aliphatic rings. The summed E-state index contributed by atoms with van der Waals surface area (Å²) < 4.78 is 28.3. The molecular weight excluding hydrogens is 350 g/mol. The van der Waals surface area contributed by atoms with Gasteiger partial charge in [0.1, 0.15) is 0 Å². The normalized spacial score (nSPS) is 22.0. The fraction of sp³-hybridized carbons (Fsp3) is 0.562. The van der Waals surface area contributed by atoms with Crippen LogP contribution in [0.4, 0.5) is 0 Å². The molecule has 0 saturated carbocycles. The highest BCUT2D eigenvalue weighted by molar-refractivity contribution is 7.86. The van der Waals surface area contributed by atoms with E-state index in [4.69, 9.17) is 11.6 Å². The summed E-state index contributed by atoms with van der Waals surface area (Å²) in [6.45, 7) is 2.54. The van der Waals surface area contributed by atoms with E-state index in [0.29, 0.717) is 24.5 Å². The molecule has 0 atom stereocenters. The standard InChI is InChI=1S/C16H22ClN3O3S/c17-15-6-3-5-14(11-15)12-19-9-4-10-20(24(19,22)23)13-16(21)18-7-1-2-8-18/h3,5-6,11H,1-2,4,7-10,12-13H2. The SMILES string of the molecule is O=C(CN1CCCN(Cc2cccc(Cl)c2)S1(=O)=O)N1CCCC1. The Bertz CT molecular complexity index is 704. The first kappa shape index (κ1) is 17.7. The summed E-state index contributed by atoms with van der Waals surface area (Å²) in [6.07, 6.45) is 2.71. The number of nitrogens with zero attached hydrogens (tertiary/aromatic N) is 3. The van der Waals surface area contributed by atoms with Crippen LogP contribution in [0.2, 0.25) is 5.02 Å². The predicted octanol–water partition coefficient (Wildman–Crippen LogP) is 1.71. The van der Waals surface area contributed by atoms with Gasteiger partial charge in [0.2, 0.25) is 5.91 Å². The molecule has 2 fully saturated rings. The third-order valence-electron chi connectivity index (χ3n) is 4.49. The average Bonchev–Trinajstić information content (AvgIpc) is 3.06. The van der Waals surface area contributed by atoms with Crippen molar-refractivity contribution in [3.8, 4) is 0 Å². The van der Waals surface area contributed by atoms with Crippen LogP contribution in [0.3, 0.4) is 0 Å². The minimum Gasteiger partial charge on any atom is -0.342 e. The van der Waals surface area contributed by atoms with E-state index in [1.165, 1.54) is 8.61 Å². The summed E-state index contributed by atoms with van der Waals surface area (Å²) in [5, 5.41) is 0.586. The minimum atomic E-state index is -3.62. The van der Waals surface area contributed by atoms with Gasteiger partial charge in [0, 0.05) is 37.7 Å². The lowest BCUT2D eigenvalue weighted by Gasteiger charge is -2.35. The third-order valence-corrected chi connectivity index (χ3v) is 6.65. The molecule has 0 spiro atoms.